The van der Waals surface area contributed by atoms with Crippen molar-refractivity contribution in [1.29, 1.82) is 0 Å². The van der Waals surface area contributed by atoms with Crippen LogP contribution in [0.15, 0.2) is 65.8 Å². The maximum absolute atomic E-state index is 10.2. The van der Waals surface area contributed by atoms with Crippen LogP contribution in [0.5, 0.6) is 17.2 Å². The van der Waals surface area contributed by atoms with Crippen LogP contribution in [0.2, 0.25) is 0 Å². The zero-order valence-corrected chi connectivity index (χ0v) is 24.5. The molecule has 7 nitrogen and oxygen atoms in total. The Morgan fingerprint density at radius 1 is 0.900 bits per heavy atom. The lowest BCUT2D eigenvalue weighted by Gasteiger charge is -2.24. The normalized spacial score (nSPS) is 11.9. The van der Waals surface area contributed by atoms with Crippen molar-refractivity contribution in [3.63, 3.8) is 0 Å². The third-order valence-corrected chi connectivity index (χ3v) is 6.46. The fraction of sp³-hybridized carbons (Fsp3) is 0.394. The summed E-state index contributed by atoms with van der Waals surface area (Å²) in [6, 6.07) is 19.9. The molecule has 0 radical (unpaired) electrons. The molecule has 2 N–H and O–H groups in total. The van der Waals surface area contributed by atoms with E-state index in [-0.39, 0.29) is 5.54 Å². The molecule has 0 unspecified atom stereocenters. The third kappa shape index (κ3) is 9.94. The first-order chi connectivity index (χ1) is 19.3. The standard InChI is InChI=1S/C21H30N2O3.C10H11NO.C2H2/c1-6-23(17-9-12-19(24-4)20(13-17)25-5)14-16-7-10-18(11-8-16)26-15-21(2,3)22;12-11-10-6-5-8-3-1-2-4-9(8)7-10;1-2/h7-13H,6,14-15,22H2,1-5H3;5-7H,1-4H2;1-2H. The van der Waals surface area contributed by atoms with Gasteiger partial charge in [-0.15, -0.1) is 17.8 Å². The van der Waals surface area contributed by atoms with E-state index in [1.54, 1.807) is 20.3 Å². The van der Waals surface area contributed by atoms with Gasteiger partial charge in [0.25, 0.3) is 0 Å². The van der Waals surface area contributed by atoms with E-state index in [2.05, 4.69) is 42.0 Å². The summed E-state index contributed by atoms with van der Waals surface area (Å²) < 4.78 is 16.5. The summed E-state index contributed by atoms with van der Waals surface area (Å²) in [4.78, 5) is 12.5. The average molecular weight is 546 g/mol. The third-order valence-electron chi connectivity index (χ3n) is 6.46. The van der Waals surface area contributed by atoms with Gasteiger partial charge in [-0.05, 0) is 105 Å². The predicted octanol–water partition coefficient (Wildman–Crippen LogP) is 7.06. The minimum Gasteiger partial charge on any atom is -0.493 e. The van der Waals surface area contributed by atoms with Gasteiger partial charge in [0.1, 0.15) is 18.0 Å². The number of ether oxygens (including phenoxy) is 3. The van der Waals surface area contributed by atoms with Gasteiger partial charge >= 0.3 is 0 Å². The Kier molecular flexibility index (Phi) is 13.0. The van der Waals surface area contributed by atoms with Crippen LogP contribution in [-0.2, 0) is 19.4 Å². The van der Waals surface area contributed by atoms with E-state index in [1.165, 1.54) is 29.5 Å². The first-order valence-corrected chi connectivity index (χ1v) is 13.5. The van der Waals surface area contributed by atoms with Gasteiger partial charge in [0.2, 0.25) is 0 Å². The van der Waals surface area contributed by atoms with Crippen LogP contribution in [0.3, 0.4) is 0 Å². The summed E-state index contributed by atoms with van der Waals surface area (Å²) in [6.07, 6.45) is 12.8. The SMILES string of the molecule is C#C.CCN(Cc1ccc(OCC(C)(C)N)cc1)c1ccc(OC)c(OC)c1.O=Nc1ccc2c(c1)CCCC2. The summed E-state index contributed by atoms with van der Waals surface area (Å²) in [5.41, 5.74) is 11.2. The topological polar surface area (TPSA) is 86.4 Å². The average Bonchev–Trinajstić information content (AvgIpc) is 2.99. The minimum atomic E-state index is -0.342. The molecular formula is C33H43N3O4. The van der Waals surface area contributed by atoms with Gasteiger partial charge in [-0.1, -0.05) is 18.2 Å². The highest BCUT2D eigenvalue weighted by Gasteiger charge is 2.13. The number of hydrogen-bond donors (Lipinski definition) is 1. The number of fused-ring (bicyclic) bond motifs is 1. The fourth-order valence-corrected chi connectivity index (χ4v) is 4.36. The Labute approximate surface area is 239 Å². The number of terminal acetylenes is 1. The molecule has 0 aromatic heterocycles. The van der Waals surface area contributed by atoms with Crippen LogP contribution in [0.1, 0.15) is 50.3 Å². The van der Waals surface area contributed by atoms with E-state index in [1.807, 2.05) is 56.3 Å². The largest absolute Gasteiger partial charge is 0.493 e. The Morgan fingerprint density at radius 2 is 1.55 bits per heavy atom. The summed E-state index contributed by atoms with van der Waals surface area (Å²) in [6.45, 7) is 8.20. The molecule has 4 rings (SSSR count). The van der Waals surface area contributed by atoms with Crippen LogP contribution >= 0.6 is 0 Å². The summed E-state index contributed by atoms with van der Waals surface area (Å²) >= 11 is 0. The number of nitroso groups, excluding NO2 is 1. The molecule has 40 heavy (non-hydrogen) atoms. The van der Waals surface area contributed by atoms with Crippen molar-refractivity contribution >= 4 is 11.4 Å². The van der Waals surface area contributed by atoms with Crippen LogP contribution in [0.25, 0.3) is 0 Å². The molecule has 3 aromatic carbocycles. The molecule has 0 atom stereocenters. The number of hydrogen-bond acceptors (Lipinski definition) is 7. The first-order valence-electron chi connectivity index (χ1n) is 13.5. The number of nitrogens with two attached hydrogens (primary N) is 1. The molecule has 0 saturated carbocycles. The highest BCUT2D eigenvalue weighted by atomic mass is 16.5. The van der Waals surface area contributed by atoms with Crippen molar-refractivity contribution in [2.75, 3.05) is 32.3 Å². The number of rotatable bonds is 10. The molecule has 1 aliphatic carbocycles. The van der Waals surface area contributed by atoms with Crippen molar-refractivity contribution in [1.82, 2.24) is 0 Å². The molecule has 0 aliphatic heterocycles. The Balaban J connectivity index is 0.000000331. The molecule has 3 aromatic rings. The second-order valence-electron chi connectivity index (χ2n) is 10.2. The van der Waals surface area contributed by atoms with Gasteiger partial charge < -0.3 is 24.8 Å². The van der Waals surface area contributed by atoms with E-state index in [4.69, 9.17) is 19.9 Å². The van der Waals surface area contributed by atoms with E-state index in [0.717, 1.165) is 48.9 Å². The van der Waals surface area contributed by atoms with Crippen molar-refractivity contribution in [2.45, 2.75) is 58.5 Å². The quantitative estimate of drug-likeness (QED) is 0.217. The second-order valence-corrected chi connectivity index (χ2v) is 10.2. The van der Waals surface area contributed by atoms with E-state index in [0.29, 0.717) is 12.3 Å². The van der Waals surface area contributed by atoms with E-state index >= 15 is 0 Å². The minimum absolute atomic E-state index is 0.342. The van der Waals surface area contributed by atoms with Crippen molar-refractivity contribution in [2.24, 2.45) is 10.9 Å². The summed E-state index contributed by atoms with van der Waals surface area (Å²) in [5, 5.41) is 2.93. The number of methoxy groups -OCH3 is 2. The van der Waals surface area contributed by atoms with Crippen LogP contribution < -0.4 is 24.8 Å². The van der Waals surface area contributed by atoms with Crippen LogP contribution in [0, 0.1) is 17.8 Å². The van der Waals surface area contributed by atoms with Gasteiger partial charge in [0.05, 0.1) is 14.2 Å². The number of aryl methyl sites for hydroxylation is 2. The molecular weight excluding hydrogens is 502 g/mol. The Hall–Kier alpha value is -4.02. The monoisotopic (exact) mass is 545 g/mol. The lowest BCUT2D eigenvalue weighted by atomic mass is 9.91. The van der Waals surface area contributed by atoms with Gasteiger partial charge in [0.15, 0.2) is 11.5 Å². The first kappa shape index (κ1) is 32.2. The maximum atomic E-state index is 10.2. The molecule has 0 spiro atoms. The summed E-state index contributed by atoms with van der Waals surface area (Å²) in [5.74, 6) is 2.30. The van der Waals surface area contributed by atoms with Gasteiger partial charge in [-0.25, -0.2) is 0 Å². The smallest absolute Gasteiger partial charge is 0.162 e. The van der Waals surface area contributed by atoms with E-state index in [9.17, 15) is 4.91 Å². The molecule has 0 heterocycles. The molecule has 0 amide bonds. The molecule has 7 heteroatoms. The summed E-state index contributed by atoms with van der Waals surface area (Å²) in [7, 11) is 3.30. The van der Waals surface area contributed by atoms with Gasteiger partial charge in [0, 0.05) is 30.4 Å². The fourth-order valence-electron chi connectivity index (χ4n) is 4.36. The number of anilines is 1. The predicted molar refractivity (Wildman–Crippen MR) is 165 cm³/mol. The van der Waals surface area contributed by atoms with Crippen molar-refractivity contribution < 1.29 is 14.2 Å². The zero-order valence-electron chi connectivity index (χ0n) is 24.5. The molecule has 0 saturated heterocycles. The molecule has 0 bridgehead atoms. The number of nitrogens with zero attached hydrogens (tertiary/aromatic N) is 2. The van der Waals surface area contributed by atoms with Gasteiger partial charge in [-0.3, -0.25) is 0 Å². The van der Waals surface area contributed by atoms with Crippen LogP contribution in [0.4, 0.5) is 11.4 Å². The Bertz CT molecular complexity index is 1220. The van der Waals surface area contributed by atoms with Crippen LogP contribution in [-0.4, -0.2) is 32.9 Å². The van der Waals surface area contributed by atoms with Crippen molar-refractivity contribution in [3.05, 3.63) is 82.3 Å². The number of benzene rings is 3. The molecule has 0 fully saturated rings. The van der Waals surface area contributed by atoms with Gasteiger partial charge in [-0.2, -0.15) is 0 Å². The molecule has 214 valence electrons. The second kappa shape index (κ2) is 16.2. The Morgan fingerprint density at radius 3 is 2.12 bits per heavy atom. The van der Waals surface area contributed by atoms with E-state index < -0.39 is 0 Å². The highest BCUT2D eigenvalue weighted by molar-refractivity contribution is 5.56. The maximum Gasteiger partial charge on any atom is 0.162 e. The lowest BCUT2D eigenvalue weighted by molar-refractivity contribution is 0.243. The zero-order chi connectivity index (χ0) is 29.5. The lowest BCUT2D eigenvalue weighted by Crippen LogP contribution is -2.38. The highest BCUT2D eigenvalue weighted by Crippen LogP contribution is 2.32. The molecule has 1 aliphatic rings. The van der Waals surface area contributed by atoms with Crippen molar-refractivity contribution in [3.8, 4) is 30.1 Å².